The number of thioether (sulfide) groups is 2. The number of ether oxygens (including phenoxy) is 1. The Bertz CT molecular complexity index is 945. The van der Waals surface area contributed by atoms with Gasteiger partial charge in [-0.1, -0.05) is 30.7 Å². The number of carboxylic acids is 1. The molecule has 0 aromatic heterocycles. The number of nitrogens with one attached hydrogen (secondary N) is 1. The molecule has 1 aromatic carbocycles. The van der Waals surface area contributed by atoms with Gasteiger partial charge in [0.15, 0.2) is 0 Å². The van der Waals surface area contributed by atoms with Crippen molar-refractivity contribution in [2.75, 3.05) is 18.1 Å². The first kappa shape index (κ1) is 26.2. The van der Waals surface area contributed by atoms with Crippen LogP contribution in [0.1, 0.15) is 24.5 Å². The summed E-state index contributed by atoms with van der Waals surface area (Å²) in [6.07, 6.45) is -0.725. The Labute approximate surface area is 197 Å². The van der Waals surface area contributed by atoms with Crippen molar-refractivity contribution >= 4 is 47.0 Å². The zero-order valence-corrected chi connectivity index (χ0v) is 19.4. The number of carbonyl (C=O) groups excluding carboxylic acids is 1. The van der Waals surface area contributed by atoms with E-state index in [0.717, 1.165) is 23.9 Å². The third-order valence-corrected chi connectivity index (χ3v) is 6.89. The van der Waals surface area contributed by atoms with E-state index in [1.165, 1.54) is 30.0 Å². The number of rotatable bonds is 9. The van der Waals surface area contributed by atoms with Gasteiger partial charge in [-0.2, -0.15) is 13.2 Å². The fraction of sp³-hybridized carbons (Fsp3) is 0.333. The highest BCUT2D eigenvalue weighted by atomic mass is 35.5. The van der Waals surface area contributed by atoms with Gasteiger partial charge < -0.3 is 15.2 Å². The number of hydrogen-bond donors (Lipinski definition) is 2. The van der Waals surface area contributed by atoms with Gasteiger partial charge >= 0.3 is 12.1 Å². The van der Waals surface area contributed by atoms with E-state index in [1.54, 1.807) is 6.08 Å². The maximum atomic E-state index is 12.9. The van der Waals surface area contributed by atoms with Crippen LogP contribution in [0.4, 0.5) is 13.2 Å². The van der Waals surface area contributed by atoms with Crippen LogP contribution in [0.15, 0.2) is 57.0 Å². The molecule has 0 saturated heterocycles. The third kappa shape index (κ3) is 7.83. The third-order valence-electron chi connectivity index (χ3n) is 4.00. The van der Waals surface area contributed by atoms with E-state index in [9.17, 15) is 27.9 Å². The highest BCUT2D eigenvalue weighted by Gasteiger charge is 2.30. The zero-order valence-electron chi connectivity index (χ0n) is 17.0. The summed E-state index contributed by atoms with van der Waals surface area (Å²) in [4.78, 5) is 23.8. The first-order valence-electron chi connectivity index (χ1n) is 9.50. The van der Waals surface area contributed by atoms with Crippen LogP contribution in [0.3, 0.4) is 0 Å². The number of allylic oxidation sites excluding steroid dienone is 2. The molecule has 0 atom stereocenters. The lowest BCUT2D eigenvalue weighted by molar-refractivity contribution is -0.137. The van der Waals surface area contributed by atoms with Gasteiger partial charge in [-0.15, -0.1) is 23.5 Å². The van der Waals surface area contributed by atoms with Gasteiger partial charge in [0.25, 0.3) is 5.91 Å². The Morgan fingerprint density at radius 1 is 1.22 bits per heavy atom. The second-order valence-electron chi connectivity index (χ2n) is 6.39. The van der Waals surface area contributed by atoms with Gasteiger partial charge in [-0.25, -0.2) is 4.79 Å². The number of alkyl halides is 3. The van der Waals surface area contributed by atoms with Crippen molar-refractivity contribution in [2.45, 2.75) is 26.1 Å². The SMILES string of the molecule is CCC=C(OCc1cccc(C(F)(F)F)c1)C(Cl)=CCNC(=O)C1=C(C(=O)O)SCCS1. The largest absolute Gasteiger partial charge is 0.488 e. The molecular weight excluding hydrogens is 487 g/mol. The molecule has 1 heterocycles. The molecular formula is C21H21ClF3NO4S2. The molecule has 1 aromatic rings. The van der Waals surface area contributed by atoms with Gasteiger partial charge in [0.1, 0.15) is 17.3 Å². The van der Waals surface area contributed by atoms with Gasteiger partial charge in [0, 0.05) is 18.1 Å². The topological polar surface area (TPSA) is 75.6 Å². The molecule has 0 radical (unpaired) electrons. The molecule has 1 amide bonds. The number of amides is 1. The van der Waals surface area contributed by atoms with Crippen molar-refractivity contribution < 1.29 is 32.6 Å². The summed E-state index contributed by atoms with van der Waals surface area (Å²) >= 11 is 8.57. The first-order chi connectivity index (χ1) is 15.1. The summed E-state index contributed by atoms with van der Waals surface area (Å²) in [5.74, 6) is -0.131. The Kier molecular flexibility index (Phi) is 10.0. The predicted molar refractivity (Wildman–Crippen MR) is 121 cm³/mol. The number of hydrogen-bond acceptors (Lipinski definition) is 5. The molecule has 0 bridgehead atoms. The molecule has 2 N–H and O–H groups in total. The van der Waals surface area contributed by atoms with Crippen molar-refractivity contribution in [1.29, 1.82) is 0 Å². The summed E-state index contributed by atoms with van der Waals surface area (Å²) in [5, 5.41) is 12.0. The van der Waals surface area contributed by atoms with Crippen molar-refractivity contribution in [3.05, 3.63) is 68.1 Å². The van der Waals surface area contributed by atoms with Crippen LogP contribution >= 0.6 is 35.1 Å². The molecule has 0 spiro atoms. The molecule has 1 aliphatic rings. The van der Waals surface area contributed by atoms with Crippen LogP contribution in [0.25, 0.3) is 0 Å². The molecule has 0 fully saturated rings. The van der Waals surface area contributed by atoms with Crippen molar-refractivity contribution in [3.63, 3.8) is 0 Å². The summed E-state index contributed by atoms with van der Waals surface area (Å²) in [7, 11) is 0. The lowest BCUT2D eigenvalue weighted by atomic mass is 10.1. The number of aliphatic carboxylic acids is 1. The van der Waals surface area contributed by atoms with E-state index in [4.69, 9.17) is 16.3 Å². The number of halogens is 4. The predicted octanol–water partition coefficient (Wildman–Crippen LogP) is 5.53. The summed E-state index contributed by atoms with van der Waals surface area (Å²) in [6.45, 7) is 1.75. The minimum Gasteiger partial charge on any atom is -0.488 e. The van der Waals surface area contributed by atoms with E-state index in [1.807, 2.05) is 6.92 Å². The zero-order chi connectivity index (χ0) is 23.7. The quantitative estimate of drug-likeness (QED) is 0.338. The Hall–Kier alpha value is -2.04. The Balaban J connectivity index is 2.01. The van der Waals surface area contributed by atoms with Crippen molar-refractivity contribution in [2.24, 2.45) is 0 Å². The van der Waals surface area contributed by atoms with Gasteiger partial charge in [-0.05, 0) is 36.3 Å². The molecule has 0 aliphatic carbocycles. The fourth-order valence-electron chi connectivity index (χ4n) is 2.57. The molecule has 5 nitrogen and oxygen atoms in total. The highest BCUT2D eigenvalue weighted by Crippen LogP contribution is 2.34. The average molecular weight is 508 g/mol. The molecule has 11 heteroatoms. The van der Waals surface area contributed by atoms with Crippen LogP contribution in [-0.4, -0.2) is 35.0 Å². The minimum atomic E-state index is -4.45. The Morgan fingerprint density at radius 3 is 2.53 bits per heavy atom. The lowest BCUT2D eigenvalue weighted by Crippen LogP contribution is -2.27. The molecule has 2 rings (SSSR count). The second-order valence-corrected chi connectivity index (χ2v) is 9.00. The normalized spacial score (nSPS) is 15.5. The minimum absolute atomic E-state index is 0.0183. The maximum absolute atomic E-state index is 12.9. The van der Waals surface area contributed by atoms with Crippen LogP contribution in [0, 0.1) is 0 Å². The second kappa shape index (κ2) is 12.3. The van der Waals surface area contributed by atoms with Crippen LogP contribution < -0.4 is 5.32 Å². The van der Waals surface area contributed by atoms with E-state index >= 15 is 0 Å². The Morgan fingerprint density at radius 2 is 1.91 bits per heavy atom. The van der Waals surface area contributed by atoms with Gasteiger partial charge in [0.2, 0.25) is 0 Å². The smallest absolute Gasteiger partial charge is 0.416 e. The van der Waals surface area contributed by atoms with Gasteiger partial charge in [0.05, 0.1) is 15.5 Å². The molecule has 0 saturated carbocycles. The van der Waals surface area contributed by atoms with E-state index < -0.39 is 23.6 Å². The van der Waals surface area contributed by atoms with E-state index in [2.05, 4.69) is 5.32 Å². The number of carbonyl (C=O) groups is 2. The average Bonchev–Trinajstić information content (AvgIpc) is 2.76. The summed E-state index contributed by atoms with van der Waals surface area (Å²) in [5.41, 5.74) is -0.433. The fourth-order valence-corrected chi connectivity index (χ4v) is 4.98. The van der Waals surface area contributed by atoms with Crippen molar-refractivity contribution in [3.8, 4) is 0 Å². The monoisotopic (exact) mass is 507 g/mol. The number of benzene rings is 1. The van der Waals surface area contributed by atoms with E-state index in [0.29, 0.717) is 23.5 Å². The summed E-state index contributed by atoms with van der Waals surface area (Å²) in [6, 6.07) is 4.81. The molecule has 32 heavy (non-hydrogen) atoms. The van der Waals surface area contributed by atoms with E-state index in [-0.39, 0.29) is 33.8 Å². The maximum Gasteiger partial charge on any atom is 0.416 e. The van der Waals surface area contributed by atoms with Crippen molar-refractivity contribution in [1.82, 2.24) is 5.32 Å². The van der Waals surface area contributed by atoms with Crippen LogP contribution in [-0.2, 0) is 27.1 Å². The molecule has 174 valence electrons. The van der Waals surface area contributed by atoms with Crippen LogP contribution in [0.5, 0.6) is 0 Å². The molecule has 1 aliphatic heterocycles. The highest BCUT2D eigenvalue weighted by molar-refractivity contribution is 8.11. The van der Waals surface area contributed by atoms with Gasteiger partial charge in [-0.3, -0.25) is 4.79 Å². The standard InChI is InChI=1S/C21H21ClF3NO4S2/c1-2-4-16(30-12-13-5-3-6-14(11-13)21(23,24)25)15(22)7-8-26-19(27)17-18(20(28)29)32-10-9-31-17/h3-7,11H,2,8-10,12H2,1H3,(H,26,27)(H,28,29). The summed E-state index contributed by atoms with van der Waals surface area (Å²) < 4.78 is 44.2. The van der Waals surface area contributed by atoms with Crippen LogP contribution in [0.2, 0.25) is 0 Å². The molecule has 0 unspecified atom stereocenters. The lowest BCUT2D eigenvalue weighted by Gasteiger charge is -2.16. The first-order valence-corrected chi connectivity index (χ1v) is 11.8. The number of carboxylic acid groups (broad SMARTS) is 1.